The van der Waals surface area contributed by atoms with Crippen molar-refractivity contribution in [1.82, 2.24) is 15.1 Å². The minimum Gasteiger partial charge on any atom is -0.348 e. The number of amides is 1. The number of halogens is 2. The molecule has 0 spiro atoms. The van der Waals surface area contributed by atoms with Gasteiger partial charge in [-0.05, 0) is 58.0 Å². The van der Waals surface area contributed by atoms with E-state index in [9.17, 15) is 4.79 Å². The third kappa shape index (κ3) is 4.15. The zero-order chi connectivity index (χ0) is 16.9. The lowest BCUT2D eigenvalue weighted by Crippen LogP contribution is -2.23. The number of nitrogens with one attached hydrogen (secondary N) is 1. The van der Waals surface area contributed by atoms with E-state index in [1.165, 1.54) is 0 Å². The molecule has 3 aromatic rings. The molecular formula is C18H15ClIN3O. The van der Waals surface area contributed by atoms with Crippen LogP contribution >= 0.6 is 34.2 Å². The second-order valence-electron chi connectivity index (χ2n) is 5.28. The maximum Gasteiger partial charge on any atom is 0.251 e. The molecule has 2 aromatic carbocycles. The molecule has 0 unspecified atom stereocenters. The zero-order valence-electron chi connectivity index (χ0n) is 12.7. The van der Waals surface area contributed by atoms with E-state index in [-0.39, 0.29) is 5.91 Å². The largest absolute Gasteiger partial charge is 0.348 e. The minimum atomic E-state index is -0.113. The van der Waals surface area contributed by atoms with Crippen molar-refractivity contribution in [2.45, 2.75) is 13.1 Å². The van der Waals surface area contributed by atoms with Crippen LogP contribution in [0.15, 0.2) is 60.9 Å². The lowest BCUT2D eigenvalue weighted by atomic mass is 10.1. The van der Waals surface area contributed by atoms with E-state index < -0.39 is 0 Å². The Balaban J connectivity index is 1.70. The number of benzene rings is 2. The predicted octanol–water partition coefficient (Wildman–Crippen LogP) is 4.12. The average Bonchev–Trinajstić information content (AvgIpc) is 3.09. The molecule has 122 valence electrons. The number of aromatic nitrogens is 2. The number of carbonyl (C=O) groups is 1. The van der Waals surface area contributed by atoms with Gasteiger partial charge in [-0.1, -0.05) is 35.9 Å². The van der Waals surface area contributed by atoms with Gasteiger partial charge in [-0.15, -0.1) is 0 Å². The Labute approximate surface area is 159 Å². The van der Waals surface area contributed by atoms with Crippen LogP contribution in [0.2, 0.25) is 5.02 Å². The highest BCUT2D eigenvalue weighted by Gasteiger charge is 2.09. The summed E-state index contributed by atoms with van der Waals surface area (Å²) in [5, 5.41) is 7.85. The lowest BCUT2D eigenvalue weighted by molar-refractivity contribution is 0.0951. The molecule has 1 N–H and O–H groups in total. The van der Waals surface area contributed by atoms with E-state index in [0.717, 1.165) is 14.7 Å². The van der Waals surface area contributed by atoms with Gasteiger partial charge in [-0.3, -0.25) is 9.48 Å². The molecule has 0 aliphatic heterocycles. The van der Waals surface area contributed by atoms with Gasteiger partial charge in [0, 0.05) is 28.1 Å². The first-order chi connectivity index (χ1) is 11.6. The maximum atomic E-state index is 12.3. The van der Waals surface area contributed by atoms with Crippen molar-refractivity contribution in [3.63, 3.8) is 0 Å². The van der Waals surface area contributed by atoms with E-state index in [2.05, 4.69) is 33.0 Å². The van der Waals surface area contributed by atoms with Crippen molar-refractivity contribution < 1.29 is 4.79 Å². The van der Waals surface area contributed by atoms with Gasteiger partial charge >= 0.3 is 0 Å². The van der Waals surface area contributed by atoms with Gasteiger partial charge in [0.2, 0.25) is 0 Å². The van der Waals surface area contributed by atoms with Crippen LogP contribution in [0.25, 0.3) is 0 Å². The highest BCUT2D eigenvalue weighted by atomic mass is 127. The normalized spacial score (nSPS) is 10.6. The fourth-order valence-corrected chi connectivity index (χ4v) is 3.00. The van der Waals surface area contributed by atoms with Gasteiger partial charge in [-0.2, -0.15) is 5.10 Å². The molecule has 0 aliphatic rings. The predicted molar refractivity (Wildman–Crippen MR) is 103 cm³/mol. The Morgan fingerprint density at radius 1 is 1.17 bits per heavy atom. The summed E-state index contributed by atoms with van der Waals surface area (Å²) >= 11 is 8.12. The first kappa shape index (κ1) is 17.0. The molecule has 4 nitrogen and oxygen atoms in total. The molecule has 0 saturated carbocycles. The van der Waals surface area contributed by atoms with Crippen LogP contribution in [-0.2, 0) is 13.1 Å². The van der Waals surface area contributed by atoms with E-state index >= 15 is 0 Å². The van der Waals surface area contributed by atoms with E-state index in [4.69, 9.17) is 11.6 Å². The number of nitrogens with zero attached hydrogens (tertiary/aromatic N) is 2. The fraction of sp³-hybridized carbons (Fsp3) is 0.111. The summed E-state index contributed by atoms with van der Waals surface area (Å²) in [6.07, 6.45) is 3.68. The molecule has 1 aromatic heterocycles. The van der Waals surface area contributed by atoms with Gasteiger partial charge < -0.3 is 5.32 Å². The number of hydrogen-bond donors (Lipinski definition) is 1. The van der Waals surface area contributed by atoms with Crippen LogP contribution in [0, 0.1) is 3.57 Å². The molecule has 0 aliphatic carbocycles. The van der Waals surface area contributed by atoms with Gasteiger partial charge in [0.15, 0.2) is 0 Å². The van der Waals surface area contributed by atoms with Crippen molar-refractivity contribution >= 4 is 40.1 Å². The summed E-state index contributed by atoms with van der Waals surface area (Å²) in [7, 11) is 0. The smallest absolute Gasteiger partial charge is 0.251 e. The standard InChI is InChI=1S/C18H15ClIN3O/c19-16-7-6-13(10-17(16)20)18(24)21-11-14-4-1-2-5-15(14)12-23-9-3-8-22-23/h1-10H,11-12H2,(H,21,24). The van der Waals surface area contributed by atoms with Gasteiger partial charge in [-0.25, -0.2) is 0 Å². The topological polar surface area (TPSA) is 46.9 Å². The number of hydrogen-bond acceptors (Lipinski definition) is 2. The van der Waals surface area contributed by atoms with Crippen molar-refractivity contribution in [3.05, 3.63) is 86.2 Å². The molecule has 3 rings (SSSR count). The summed E-state index contributed by atoms with van der Waals surface area (Å²) in [5.74, 6) is -0.113. The average molecular weight is 452 g/mol. The first-order valence-electron chi connectivity index (χ1n) is 7.41. The summed E-state index contributed by atoms with van der Waals surface area (Å²) in [5.41, 5.74) is 2.81. The third-order valence-corrected chi connectivity index (χ3v) is 5.17. The van der Waals surface area contributed by atoms with Gasteiger partial charge in [0.25, 0.3) is 5.91 Å². The van der Waals surface area contributed by atoms with Crippen molar-refractivity contribution in [3.8, 4) is 0 Å². The number of carbonyl (C=O) groups excluding carboxylic acids is 1. The quantitative estimate of drug-likeness (QED) is 0.593. The van der Waals surface area contributed by atoms with Crippen LogP contribution in [-0.4, -0.2) is 15.7 Å². The summed E-state index contributed by atoms with van der Waals surface area (Å²) in [6.45, 7) is 1.15. The van der Waals surface area contributed by atoms with E-state index in [0.29, 0.717) is 23.7 Å². The highest BCUT2D eigenvalue weighted by Crippen LogP contribution is 2.19. The Bertz CT molecular complexity index is 849. The second kappa shape index (κ2) is 7.81. The molecule has 0 fully saturated rings. The Kier molecular flexibility index (Phi) is 5.52. The maximum absolute atomic E-state index is 12.3. The molecule has 0 bridgehead atoms. The minimum absolute atomic E-state index is 0.113. The molecule has 1 heterocycles. The van der Waals surface area contributed by atoms with Crippen LogP contribution in [0.5, 0.6) is 0 Å². The molecule has 0 radical (unpaired) electrons. The summed E-state index contributed by atoms with van der Waals surface area (Å²) in [6, 6.07) is 15.2. The van der Waals surface area contributed by atoms with Crippen molar-refractivity contribution in [1.29, 1.82) is 0 Å². The second-order valence-corrected chi connectivity index (χ2v) is 6.85. The number of rotatable bonds is 5. The summed E-state index contributed by atoms with van der Waals surface area (Å²) < 4.78 is 2.73. The molecule has 1 amide bonds. The first-order valence-corrected chi connectivity index (χ1v) is 8.86. The Morgan fingerprint density at radius 2 is 1.96 bits per heavy atom. The van der Waals surface area contributed by atoms with Crippen LogP contribution < -0.4 is 5.32 Å². The van der Waals surface area contributed by atoms with Crippen molar-refractivity contribution in [2.24, 2.45) is 0 Å². The molecule has 6 heteroatoms. The monoisotopic (exact) mass is 451 g/mol. The molecular weight excluding hydrogens is 437 g/mol. The van der Waals surface area contributed by atoms with Crippen LogP contribution in [0.3, 0.4) is 0 Å². The Morgan fingerprint density at radius 3 is 2.67 bits per heavy atom. The highest BCUT2D eigenvalue weighted by molar-refractivity contribution is 14.1. The van der Waals surface area contributed by atoms with Crippen LogP contribution in [0.4, 0.5) is 0 Å². The molecule has 24 heavy (non-hydrogen) atoms. The summed E-state index contributed by atoms with van der Waals surface area (Å²) in [4.78, 5) is 12.3. The molecule has 0 atom stereocenters. The SMILES string of the molecule is O=C(NCc1ccccc1Cn1cccn1)c1ccc(Cl)c(I)c1. The van der Waals surface area contributed by atoms with E-state index in [1.54, 1.807) is 24.4 Å². The van der Waals surface area contributed by atoms with Gasteiger partial charge in [0.05, 0.1) is 11.6 Å². The van der Waals surface area contributed by atoms with Crippen molar-refractivity contribution in [2.75, 3.05) is 0 Å². The lowest BCUT2D eigenvalue weighted by Gasteiger charge is -2.11. The Hall–Kier alpha value is -1.86. The molecule has 0 saturated heterocycles. The zero-order valence-corrected chi connectivity index (χ0v) is 15.7. The fourth-order valence-electron chi connectivity index (χ4n) is 2.37. The van der Waals surface area contributed by atoms with Gasteiger partial charge in [0.1, 0.15) is 0 Å². The van der Waals surface area contributed by atoms with E-state index in [1.807, 2.05) is 41.2 Å². The third-order valence-electron chi connectivity index (χ3n) is 3.63. The van der Waals surface area contributed by atoms with Crippen LogP contribution in [0.1, 0.15) is 21.5 Å².